The molecule has 0 bridgehead atoms. The number of pyridine rings is 1. The minimum Gasteiger partial charge on any atom is -0.357 e. The molecule has 8 heteroatoms. The number of para-hydroxylation sites is 2. The second-order valence-corrected chi connectivity index (χ2v) is 13.9. The van der Waals surface area contributed by atoms with Gasteiger partial charge in [-0.3, -0.25) is 4.90 Å². The summed E-state index contributed by atoms with van der Waals surface area (Å²) in [5, 5.41) is 7.00. The number of nitrogens with one attached hydrogen (secondary N) is 2. The van der Waals surface area contributed by atoms with Gasteiger partial charge in [-0.25, -0.2) is 19.7 Å². The Bertz CT molecular complexity index is 1730. The molecule has 2 aromatic heterocycles. The molecule has 0 saturated carbocycles. The molecular formula is C37H40N6OS. The van der Waals surface area contributed by atoms with Crippen molar-refractivity contribution in [2.75, 3.05) is 22.6 Å². The van der Waals surface area contributed by atoms with Gasteiger partial charge in [0.2, 0.25) is 5.95 Å². The van der Waals surface area contributed by atoms with Crippen molar-refractivity contribution < 1.29 is 4.79 Å². The van der Waals surface area contributed by atoms with Crippen molar-refractivity contribution in [3.05, 3.63) is 115 Å². The molecule has 7 nitrogen and oxygen atoms in total. The van der Waals surface area contributed by atoms with E-state index in [9.17, 15) is 4.79 Å². The summed E-state index contributed by atoms with van der Waals surface area (Å²) in [5.41, 5.74) is 5.97. The first-order valence-corrected chi connectivity index (χ1v) is 15.8. The van der Waals surface area contributed by atoms with Crippen molar-refractivity contribution in [3.8, 4) is 11.3 Å². The molecule has 2 N–H and O–H groups in total. The lowest BCUT2D eigenvalue weighted by Crippen LogP contribution is -2.34. The van der Waals surface area contributed by atoms with Crippen LogP contribution < -0.4 is 15.5 Å². The predicted molar refractivity (Wildman–Crippen MR) is 187 cm³/mol. The molecule has 0 aliphatic heterocycles. The van der Waals surface area contributed by atoms with Gasteiger partial charge in [0.05, 0.1) is 17.1 Å². The number of rotatable bonds is 7. The van der Waals surface area contributed by atoms with E-state index in [0.717, 1.165) is 43.7 Å². The third-order valence-electron chi connectivity index (χ3n) is 7.36. The van der Waals surface area contributed by atoms with E-state index in [1.54, 1.807) is 31.2 Å². The molecule has 0 unspecified atom stereocenters. The van der Waals surface area contributed by atoms with Crippen LogP contribution in [0.15, 0.2) is 113 Å². The highest BCUT2D eigenvalue weighted by molar-refractivity contribution is 7.99. The van der Waals surface area contributed by atoms with Crippen LogP contribution in [-0.2, 0) is 10.8 Å². The smallest absolute Gasteiger partial charge is 0.330 e. The molecule has 2 heterocycles. The van der Waals surface area contributed by atoms with Gasteiger partial charge in [-0.15, -0.1) is 0 Å². The second kappa shape index (κ2) is 13.1. The van der Waals surface area contributed by atoms with Gasteiger partial charge >= 0.3 is 6.03 Å². The van der Waals surface area contributed by atoms with E-state index in [0.29, 0.717) is 11.6 Å². The van der Waals surface area contributed by atoms with E-state index in [4.69, 9.17) is 0 Å². The first kappa shape index (κ1) is 31.7. The third kappa shape index (κ3) is 7.35. The molecule has 0 fully saturated rings. The summed E-state index contributed by atoms with van der Waals surface area (Å²) in [6.07, 6.45) is 3.51. The molecule has 0 atom stereocenters. The molecule has 230 valence electrons. The van der Waals surface area contributed by atoms with Crippen LogP contribution in [0.2, 0.25) is 0 Å². The minimum atomic E-state index is -0.222. The monoisotopic (exact) mass is 616 g/mol. The summed E-state index contributed by atoms with van der Waals surface area (Å²) < 4.78 is 0. The summed E-state index contributed by atoms with van der Waals surface area (Å²) in [6.45, 7) is 13.0. The first-order chi connectivity index (χ1) is 21.5. The van der Waals surface area contributed by atoms with Crippen LogP contribution in [0, 0.1) is 0 Å². The van der Waals surface area contributed by atoms with Crippen molar-refractivity contribution in [1.29, 1.82) is 0 Å². The van der Waals surface area contributed by atoms with E-state index in [1.165, 1.54) is 0 Å². The van der Waals surface area contributed by atoms with E-state index in [2.05, 4.69) is 79.3 Å². The standard InChI is InChI=1S/C37H40N6OS/c1-36(2,3)28-14-8-10-16-31(28)43(32-17-11-9-15-29(32)37(4,5)6)35(44)41-25-18-20-26(21-19-25)45-33-27(13-12-23-39-33)30-22-24-40-34(38-7)42-30/h8-24H,1-7H3,(H,41,44)(H,38,40,42). The maximum absolute atomic E-state index is 14.3. The highest BCUT2D eigenvalue weighted by atomic mass is 32.2. The molecule has 0 radical (unpaired) electrons. The lowest BCUT2D eigenvalue weighted by Gasteiger charge is -2.33. The summed E-state index contributed by atoms with van der Waals surface area (Å²) in [6, 6.07) is 29.7. The van der Waals surface area contributed by atoms with Gasteiger partial charge in [-0.2, -0.15) is 0 Å². The molecule has 5 rings (SSSR count). The number of carbonyl (C=O) groups is 1. The van der Waals surface area contributed by atoms with Crippen molar-refractivity contribution in [2.24, 2.45) is 0 Å². The zero-order chi connectivity index (χ0) is 32.2. The van der Waals surface area contributed by atoms with Crippen molar-refractivity contribution in [2.45, 2.75) is 62.3 Å². The lowest BCUT2D eigenvalue weighted by molar-refractivity contribution is 0.259. The largest absolute Gasteiger partial charge is 0.357 e. The maximum atomic E-state index is 14.3. The van der Waals surface area contributed by atoms with Crippen molar-refractivity contribution in [3.63, 3.8) is 0 Å². The van der Waals surface area contributed by atoms with Crippen LogP contribution in [0.1, 0.15) is 52.7 Å². The molecule has 0 spiro atoms. The summed E-state index contributed by atoms with van der Waals surface area (Å²) in [7, 11) is 1.80. The van der Waals surface area contributed by atoms with Gasteiger partial charge in [-0.1, -0.05) is 89.7 Å². The van der Waals surface area contributed by atoms with Crippen LogP contribution >= 0.6 is 11.8 Å². The normalized spacial score (nSPS) is 11.6. The van der Waals surface area contributed by atoms with Gasteiger partial charge in [0, 0.05) is 35.6 Å². The van der Waals surface area contributed by atoms with E-state index < -0.39 is 0 Å². The number of hydrogen-bond donors (Lipinski definition) is 2. The third-order valence-corrected chi connectivity index (χ3v) is 8.38. The number of carbonyl (C=O) groups excluding carboxylic acids is 1. The van der Waals surface area contributed by atoms with Gasteiger partial charge in [-0.05, 0) is 76.6 Å². The molecule has 45 heavy (non-hydrogen) atoms. The number of nitrogens with zero attached hydrogens (tertiary/aromatic N) is 4. The number of anilines is 4. The molecule has 0 aliphatic rings. The molecule has 5 aromatic rings. The Labute approximate surface area is 270 Å². The Hall–Kier alpha value is -4.69. The quantitative estimate of drug-likeness (QED) is 0.189. The number of hydrogen-bond acceptors (Lipinski definition) is 6. The second-order valence-electron chi connectivity index (χ2n) is 12.8. The Morgan fingerprint density at radius 3 is 1.89 bits per heavy atom. The highest BCUT2D eigenvalue weighted by Crippen LogP contribution is 2.41. The lowest BCUT2D eigenvalue weighted by atomic mass is 9.83. The molecular weight excluding hydrogens is 577 g/mol. The average molecular weight is 617 g/mol. The zero-order valence-corrected chi connectivity index (χ0v) is 27.7. The fourth-order valence-electron chi connectivity index (χ4n) is 5.15. The predicted octanol–water partition coefficient (Wildman–Crippen LogP) is 9.70. The number of urea groups is 1. The van der Waals surface area contributed by atoms with Crippen LogP contribution in [0.5, 0.6) is 0 Å². The summed E-state index contributed by atoms with van der Waals surface area (Å²) in [4.78, 5) is 30.5. The van der Waals surface area contributed by atoms with Crippen LogP contribution in [0.4, 0.5) is 27.8 Å². The Morgan fingerprint density at radius 1 is 0.711 bits per heavy atom. The molecule has 3 aromatic carbocycles. The van der Waals surface area contributed by atoms with E-state index >= 15 is 0 Å². The number of benzene rings is 3. The topological polar surface area (TPSA) is 83.0 Å². The van der Waals surface area contributed by atoms with Crippen LogP contribution in [0.3, 0.4) is 0 Å². The fourth-order valence-corrected chi connectivity index (χ4v) is 6.04. The van der Waals surface area contributed by atoms with Gasteiger partial charge in [0.1, 0.15) is 5.03 Å². The molecule has 0 aliphatic carbocycles. The van der Waals surface area contributed by atoms with Crippen molar-refractivity contribution >= 4 is 40.8 Å². The van der Waals surface area contributed by atoms with Crippen molar-refractivity contribution in [1.82, 2.24) is 15.0 Å². The molecule has 0 saturated heterocycles. The Balaban J connectivity index is 1.45. The number of amides is 2. The van der Waals surface area contributed by atoms with Crippen LogP contribution in [0.25, 0.3) is 11.3 Å². The van der Waals surface area contributed by atoms with E-state index in [-0.39, 0.29) is 16.9 Å². The first-order valence-electron chi connectivity index (χ1n) is 15.0. The van der Waals surface area contributed by atoms with Crippen LogP contribution in [-0.4, -0.2) is 28.0 Å². The summed E-state index contributed by atoms with van der Waals surface area (Å²) in [5.74, 6) is 0.552. The Kier molecular flexibility index (Phi) is 9.25. The highest BCUT2D eigenvalue weighted by Gasteiger charge is 2.30. The van der Waals surface area contributed by atoms with Gasteiger partial charge < -0.3 is 10.6 Å². The zero-order valence-electron chi connectivity index (χ0n) is 26.9. The van der Waals surface area contributed by atoms with Gasteiger partial charge in [0.15, 0.2) is 0 Å². The Morgan fingerprint density at radius 2 is 1.31 bits per heavy atom. The molecule has 2 amide bonds. The van der Waals surface area contributed by atoms with E-state index in [1.807, 2.05) is 83.8 Å². The minimum absolute atomic E-state index is 0.171. The average Bonchev–Trinajstić information content (AvgIpc) is 3.02. The number of aromatic nitrogens is 3. The fraction of sp³-hybridized carbons (Fsp3) is 0.243. The maximum Gasteiger partial charge on any atom is 0.330 e. The SMILES string of the molecule is CNc1nccc(-c2cccnc2Sc2ccc(NC(=O)N(c3ccccc3C(C)(C)C)c3ccccc3C(C)(C)C)cc2)n1. The van der Waals surface area contributed by atoms with Gasteiger partial charge in [0.25, 0.3) is 0 Å². The summed E-state index contributed by atoms with van der Waals surface area (Å²) >= 11 is 1.54.